The van der Waals surface area contributed by atoms with Crippen molar-refractivity contribution in [2.45, 2.75) is 0 Å². The molecular formula is C21H11ClF3NO3. The number of carbonyl (C=O) groups is 1. The molecule has 0 N–H and O–H groups in total. The molecule has 0 spiro atoms. The summed E-state index contributed by atoms with van der Waals surface area (Å²) in [5.41, 5.74) is 0.636. The van der Waals surface area contributed by atoms with Crippen LogP contribution in [0.3, 0.4) is 0 Å². The third-order valence-corrected chi connectivity index (χ3v) is 4.74. The normalized spacial score (nSPS) is 11.1. The van der Waals surface area contributed by atoms with E-state index in [9.17, 15) is 18.0 Å². The van der Waals surface area contributed by atoms with Crippen molar-refractivity contribution in [1.29, 1.82) is 0 Å². The number of benzene rings is 3. The van der Waals surface area contributed by atoms with E-state index in [0.29, 0.717) is 28.8 Å². The Hall–Kier alpha value is -3.32. The molecule has 4 aromatic rings. The van der Waals surface area contributed by atoms with E-state index in [1.165, 1.54) is 19.2 Å². The van der Waals surface area contributed by atoms with Gasteiger partial charge in [0.05, 0.1) is 23.7 Å². The Labute approximate surface area is 167 Å². The van der Waals surface area contributed by atoms with Crippen LogP contribution in [0.15, 0.2) is 48.5 Å². The van der Waals surface area contributed by atoms with Gasteiger partial charge in [0, 0.05) is 10.8 Å². The fourth-order valence-electron chi connectivity index (χ4n) is 3.03. The molecule has 0 unspecified atom stereocenters. The van der Waals surface area contributed by atoms with Crippen LogP contribution in [0.5, 0.6) is 11.5 Å². The molecule has 146 valence electrons. The average molecular weight is 418 g/mol. The monoisotopic (exact) mass is 417 g/mol. The predicted octanol–water partition coefficient (Wildman–Crippen LogP) is 5.69. The molecule has 1 aromatic heterocycles. The summed E-state index contributed by atoms with van der Waals surface area (Å²) in [5, 5.41) is 0.827. The lowest BCUT2D eigenvalue weighted by Crippen LogP contribution is -2.13. The smallest absolute Gasteiger partial charge is 0.345 e. The quantitative estimate of drug-likeness (QED) is 0.186. The molecule has 0 saturated heterocycles. The van der Waals surface area contributed by atoms with Gasteiger partial charge in [0.15, 0.2) is 11.6 Å². The maximum absolute atomic E-state index is 14.0. The van der Waals surface area contributed by atoms with Gasteiger partial charge in [0.2, 0.25) is 11.6 Å². The van der Waals surface area contributed by atoms with Crippen molar-refractivity contribution < 1.29 is 27.4 Å². The number of ether oxygens (including phenoxy) is 2. The Morgan fingerprint density at radius 3 is 2.45 bits per heavy atom. The van der Waals surface area contributed by atoms with E-state index in [1.54, 1.807) is 24.3 Å². The van der Waals surface area contributed by atoms with Gasteiger partial charge in [-0.15, -0.1) is 0 Å². The summed E-state index contributed by atoms with van der Waals surface area (Å²) in [6.07, 6.45) is 0. The number of carbonyl (C=O) groups excluding carboxylic acids is 1. The van der Waals surface area contributed by atoms with Gasteiger partial charge in [-0.3, -0.25) is 0 Å². The van der Waals surface area contributed by atoms with Gasteiger partial charge in [-0.2, -0.15) is 4.39 Å². The number of nitrogens with zero attached hydrogens (tertiary/aromatic N) is 1. The van der Waals surface area contributed by atoms with E-state index < -0.39 is 29.2 Å². The third-order valence-electron chi connectivity index (χ3n) is 4.38. The number of para-hydroxylation sites is 1. The molecule has 0 saturated carbocycles. The maximum atomic E-state index is 14.0. The van der Waals surface area contributed by atoms with Crippen LogP contribution < -0.4 is 9.47 Å². The first-order chi connectivity index (χ1) is 13.9. The van der Waals surface area contributed by atoms with Gasteiger partial charge in [0.1, 0.15) is 10.8 Å². The highest BCUT2D eigenvalue weighted by molar-refractivity contribution is 6.37. The van der Waals surface area contributed by atoms with Crippen LogP contribution >= 0.6 is 11.6 Å². The SMILES string of the molecule is COc1ccc2c(C(=O)Oc3c(F)ccc(F)c3F)c3ccccc3nc2c1Cl. The Balaban J connectivity index is 1.97. The molecule has 8 heteroatoms. The molecule has 0 radical (unpaired) electrons. The van der Waals surface area contributed by atoms with E-state index in [-0.39, 0.29) is 21.5 Å². The summed E-state index contributed by atoms with van der Waals surface area (Å²) in [6, 6.07) is 11.0. The topological polar surface area (TPSA) is 48.4 Å². The van der Waals surface area contributed by atoms with Crippen molar-refractivity contribution in [2.75, 3.05) is 7.11 Å². The molecular weight excluding hydrogens is 407 g/mol. The van der Waals surface area contributed by atoms with Gasteiger partial charge in [-0.05, 0) is 30.3 Å². The zero-order valence-corrected chi connectivity index (χ0v) is 15.6. The fourth-order valence-corrected chi connectivity index (χ4v) is 3.31. The highest BCUT2D eigenvalue weighted by Crippen LogP contribution is 2.36. The minimum atomic E-state index is -1.60. The second-order valence-corrected chi connectivity index (χ2v) is 6.42. The van der Waals surface area contributed by atoms with Crippen molar-refractivity contribution in [3.8, 4) is 11.5 Å². The van der Waals surface area contributed by atoms with Crippen LogP contribution in [0, 0.1) is 17.5 Å². The van der Waals surface area contributed by atoms with Gasteiger partial charge in [-0.1, -0.05) is 29.8 Å². The van der Waals surface area contributed by atoms with Crippen LogP contribution in [-0.2, 0) is 0 Å². The Morgan fingerprint density at radius 1 is 0.966 bits per heavy atom. The van der Waals surface area contributed by atoms with E-state index >= 15 is 0 Å². The summed E-state index contributed by atoms with van der Waals surface area (Å²) in [4.78, 5) is 17.4. The first kappa shape index (κ1) is 19.0. The van der Waals surface area contributed by atoms with Crippen molar-refractivity contribution >= 4 is 39.4 Å². The number of pyridine rings is 1. The maximum Gasteiger partial charge on any atom is 0.345 e. The van der Waals surface area contributed by atoms with Crippen LogP contribution in [0.25, 0.3) is 21.8 Å². The first-order valence-electron chi connectivity index (χ1n) is 8.33. The molecule has 1 heterocycles. The number of rotatable bonds is 3. The molecule has 29 heavy (non-hydrogen) atoms. The lowest BCUT2D eigenvalue weighted by atomic mass is 10.0. The van der Waals surface area contributed by atoms with Crippen LogP contribution in [0.2, 0.25) is 5.02 Å². The summed E-state index contributed by atoms with van der Waals surface area (Å²) in [5.74, 6) is -6.02. The van der Waals surface area contributed by atoms with Crippen LogP contribution in [0.4, 0.5) is 13.2 Å². The van der Waals surface area contributed by atoms with Crippen molar-refractivity contribution in [3.05, 3.63) is 76.6 Å². The molecule has 3 aromatic carbocycles. The van der Waals surface area contributed by atoms with E-state index in [0.717, 1.165) is 0 Å². The van der Waals surface area contributed by atoms with Gasteiger partial charge < -0.3 is 9.47 Å². The van der Waals surface area contributed by atoms with Crippen LogP contribution in [0.1, 0.15) is 10.4 Å². The molecule has 0 aliphatic carbocycles. The summed E-state index contributed by atoms with van der Waals surface area (Å²) < 4.78 is 51.5. The minimum absolute atomic E-state index is 0.0155. The van der Waals surface area contributed by atoms with Crippen molar-refractivity contribution in [1.82, 2.24) is 4.98 Å². The predicted molar refractivity (Wildman–Crippen MR) is 102 cm³/mol. The Morgan fingerprint density at radius 2 is 1.69 bits per heavy atom. The van der Waals surface area contributed by atoms with E-state index in [1.807, 2.05) is 0 Å². The molecule has 0 fully saturated rings. The van der Waals surface area contributed by atoms with E-state index in [4.69, 9.17) is 21.1 Å². The molecule has 4 nitrogen and oxygen atoms in total. The summed E-state index contributed by atoms with van der Waals surface area (Å²) >= 11 is 6.34. The standard InChI is InChI=1S/C21H11ClF3NO3/c1-28-15-9-6-11-16(10-4-2-3-5-14(10)26-19(11)17(15)22)21(27)29-20-13(24)8-7-12(23)18(20)25/h2-9H,1H3. The fraction of sp³-hybridized carbons (Fsp3) is 0.0476. The number of hydrogen-bond donors (Lipinski definition) is 0. The molecule has 0 amide bonds. The third kappa shape index (κ3) is 3.13. The van der Waals surface area contributed by atoms with Crippen molar-refractivity contribution in [2.24, 2.45) is 0 Å². The summed E-state index contributed by atoms with van der Waals surface area (Å²) in [6.45, 7) is 0. The van der Waals surface area contributed by atoms with Gasteiger partial charge >= 0.3 is 5.97 Å². The first-order valence-corrected chi connectivity index (χ1v) is 8.70. The molecule has 0 bridgehead atoms. The number of hydrogen-bond acceptors (Lipinski definition) is 4. The molecule has 0 aliphatic heterocycles. The number of halogens is 4. The second kappa shape index (κ2) is 7.25. The minimum Gasteiger partial charge on any atom is -0.495 e. The molecule has 0 aliphatic rings. The number of esters is 1. The van der Waals surface area contributed by atoms with E-state index in [2.05, 4.69) is 4.98 Å². The van der Waals surface area contributed by atoms with Gasteiger partial charge in [0.25, 0.3) is 0 Å². The lowest BCUT2D eigenvalue weighted by Gasteiger charge is -2.13. The molecule has 4 rings (SSSR count). The number of aromatic nitrogens is 1. The number of fused-ring (bicyclic) bond motifs is 2. The van der Waals surface area contributed by atoms with Crippen LogP contribution in [-0.4, -0.2) is 18.1 Å². The Bertz CT molecular complexity index is 1290. The number of methoxy groups -OCH3 is 1. The van der Waals surface area contributed by atoms with Crippen molar-refractivity contribution in [3.63, 3.8) is 0 Å². The highest BCUT2D eigenvalue weighted by Gasteiger charge is 2.24. The Kier molecular flexibility index (Phi) is 4.76. The largest absolute Gasteiger partial charge is 0.495 e. The second-order valence-electron chi connectivity index (χ2n) is 6.04. The lowest BCUT2D eigenvalue weighted by molar-refractivity contribution is 0.0723. The summed E-state index contributed by atoms with van der Waals surface area (Å²) in [7, 11) is 1.43. The molecule has 0 atom stereocenters. The zero-order valence-electron chi connectivity index (χ0n) is 14.8. The zero-order chi connectivity index (χ0) is 20.7. The van der Waals surface area contributed by atoms with Gasteiger partial charge in [-0.25, -0.2) is 18.6 Å². The highest BCUT2D eigenvalue weighted by atomic mass is 35.5. The average Bonchev–Trinajstić information content (AvgIpc) is 2.73.